The van der Waals surface area contributed by atoms with Crippen LogP contribution in [0.4, 0.5) is 4.39 Å². The van der Waals surface area contributed by atoms with Gasteiger partial charge in [-0.15, -0.1) is 0 Å². The molecule has 2 N–H and O–H groups in total. The van der Waals surface area contributed by atoms with Crippen LogP contribution in [0.5, 0.6) is 0 Å². The molecule has 10 heteroatoms. The van der Waals surface area contributed by atoms with E-state index < -0.39 is 18.6 Å². The average Bonchev–Trinajstić information content (AvgIpc) is 3.14. The van der Waals surface area contributed by atoms with Crippen LogP contribution in [0.1, 0.15) is 24.8 Å². The topological polar surface area (TPSA) is 81.1 Å². The van der Waals surface area contributed by atoms with E-state index in [1.807, 2.05) is 29.1 Å². The Morgan fingerprint density at radius 3 is 2.53 bits per heavy atom. The molecule has 178 valence electrons. The van der Waals surface area contributed by atoms with Crippen LogP contribution in [-0.2, 0) is 16.0 Å². The molecule has 0 radical (unpaired) electrons. The summed E-state index contributed by atoms with van der Waals surface area (Å²) in [5, 5.41) is 22.1. The van der Waals surface area contributed by atoms with Crippen LogP contribution >= 0.6 is 11.6 Å². The smallest absolute Gasteiger partial charge is 0.412 e. The molecule has 0 spiro atoms. The fourth-order valence-corrected chi connectivity index (χ4v) is 5.53. The van der Waals surface area contributed by atoms with E-state index in [9.17, 15) is 24.1 Å². The van der Waals surface area contributed by atoms with Gasteiger partial charge in [0.15, 0.2) is 0 Å². The lowest BCUT2D eigenvalue weighted by Gasteiger charge is -2.40. The fraction of sp³-hybridized carbons (Fsp3) is 0.417. The maximum absolute atomic E-state index is 14.2. The molecular formula is C24H28B2ClFN2O4. The lowest BCUT2D eigenvalue weighted by molar-refractivity contribution is -0.138. The predicted octanol–water partition coefficient (Wildman–Crippen LogP) is 2.38. The number of hydrogen-bond acceptors (Lipinski definition) is 5. The molecule has 1 unspecified atom stereocenters. The van der Waals surface area contributed by atoms with Gasteiger partial charge in [-0.1, -0.05) is 35.9 Å². The second-order valence-corrected chi connectivity index (χ2v) is 9.85. The molecule has 0 saturated carbocycles. The third-order valence-electron chi connectivity index (χ3n) is 7.22. The normalized spacial score (nSPS) is 22.6. The Bertz CT molecular complexity index is 1050. The van der Waals surface area contributed by atoms with Gasteiger partial charge in [0.2, 0.25) is 5.91 Å². The highest BCUT2D eigenvalue weighted by Crippen LogP contribution is 2.40. The van der Waals surface area contributed by atoms with Crippen LogP contribution in [0.2, 0.25) is 11.8 Å². The first-order valence-corrected chi connectivity index (χ1v) is 12.0. The van der Waals surface area contributed by atoms with Crippen molar-refractivity contribution in [3.05, 3.63) is 58.9 Å². The quantitative estimate of drug-likeness (QED) is 0.466. The number of amides is 1. The van der Waals surface area contributed by atoms with E-state index in [-0.39, 0.29) is 17.8 Å². The second kappa shape index (κ2) is 10.2. The van der Waals surface area contributed by atoms with Crippen molar-refractivity contribution in [2.45, 2.75) is 44.1 Å². The fourth-order valence-electron chi connectivity index (χ4n) is 5.35. The average molecular weight is 485 g/mol. The Morgan fingerprint density at radius 1 is 1.24 bits per heavy atom. The van der Waals surface area contributed by atoms with Gasteiger partial charge >= 0.3 is 7.05 Å². The van der Waals surface area contributed by atoms with E-state index in [2.05, 4.69) is 0 Å². The van der Waals surface area contributed by atoms with Crippen LogP contribution in [0, 0.1) is 11.7 Å². The van der Waals surface area contributed by atoms with Crippen LogP contribution < -0.4 is 0 Å². The predicted molar refractivity (Wildman–Crippen MR) is 133 cm³/mol. The number of rotatable bonds is 7. The summed E-state index contributed by atoms with van der Waals surface area (Å²) in [6.45, 7) is 2.68. The summed E-state index contributed by atoms with van der Waals surface area (Å²) in [6.07, 6.45) is 2.63. The molecule has 0 bridgehead atoms. The van der Waals surface area contributed by atoms with E-state index in [1.165, 1.54) is 16.9 Å². The molecule has 2 aromatic carbocycles. The Hall–Kier alpha value is -2.19. The van der Waals surface area contributed by atoms with Gasteiger partial charge < -0.3 is 24.5 Å². The highest BCUT2D eigenvalue weighted by atomic mass is 35.5. The van der Waals surface area contributed by atoms with Crippen LogP contribution in [-0.4, -0.2) is 71.0 Å². The zero-order valence-corrected chi connectivity index (χ0v) is 19.9. The Morgan fingerprint density at radius 2 is 1.91 bits per heavy atom. The minimum Gasteiger partial charge on any atom is -0.432 e. The zero-order chi connectivity index (χ0) is 24.5. The lowest BCUT2D eigenvalue weighted by Crippen LogP contribution is -2.53. The standard InChI is InChI=1S/C24H28B2ClFN2O4/c1-26(34)30-19(14-21(23(30)32)24(33)8-10-29(11-9-24)25-15-31)12-16-2-4-17(5-3-16)20-13-18(27)6-7-22(20)28/h2-7,13,15,19,21,25,33-34H,8-12,14H2,1H3/t19-,21?/m1/s1. The van der Waals surface area contributed by atoms with Crippen molar-refractivity contribution in [1.82, 2.24) is 9.62 Å². The summed E-state index contributed by atoms with van der Waals surface area (Å²) in [5.41, 5.74) is 0.923. The van der Waals surface area contributed by atoms with E-state index >= 15 is 0 Å². The first-order chi connectivity index (χ1) is 16.2. The number of piperidine rings is 1. The van der Waals surface area contributed by atoms with Crippen LogP contribution in [0.3, 0.4) is 0 Å². The Kier molecular flexibility index (Phi) is 7.48. The summed E-state index contributed by atoms with van der Waals surface area (Å²) in [7, 11) is -0.646. The molecule has 1 amide bonds. The van der Waals surface area contributed by atoms with Gasteiger partial charge in [0, 0.05) is 16.6 Å². The minimum atomic E-state index is -1.15. The first kappa shape index (κ1) is 24.9. The van der Waals surface area contributed by atoms with Crippen LogP contribution in [0.25, 0.3) is 11.1 Å². The van der Waals surface area contributed by atoms with Gasteiger partial charge in [-0.05, 0) is 74.9 Å². The highest BCUT2D eigenvalue weighted by Gasteiger charge is 2.52. The maximum Gasteiger partial charge on any atom is 0.412 e. The molecule has 6 nitrogen and oxygen atoms in total. The van der Waals surface area contributed by atoms with E-state index in [4.69, 9.17) is 11.6 Å². The molecule has 4 rings (SSSR count). The zero-order valence-electron chi connectivity index (χ0n) is 19.2. The Balaban J connectivity index is 1.49. The van der Waals surface area contributed by atoms with Gasteiger partial charge in [0.05, 0.1) is 17.7 Å². The molecule has 34 heavy (non-hydrogen) atoms. The Labute approximate surface area is 205 Å². The number of nitrogens with zero attached hydrogens (tertiary/aromatic N) is 2. The number of halogens is 2. The SMILES string of the molecule is CB(O)N1C(=O)C(C2(O)CCN(BC=O)CC2)C[C@H]1Cc1ccc(-c2cc(Cl)ccc2F)cc1. The van der Waals surface area contributed by atoms with Crippen molar-refractivity contribution in [3.8, 4) is 11.1 Å². The van der Waals surface area contributed by atoms with Gasteiger partial charge in [-0.2, -0.15) is 0 Å². The number of benzene rings is 2. The van der Waals surface area contributed by atoms with E-state index in [0.717, 1.165) is 11.7 Å². The van der Waals surface area contributed by atoms with Crippen LogP contribution in [0.15, 0.2) is 42.5 Å². The minimum absolute atomic E-state index is 0.232. The van der Waals surface area contributed by atoms with Crippen molar-refractivity contribution in [3.63, 3.8) is 0 Å². The second-order valence-electron chi connectivity index (χ2n) is 9.42. The van der Waals surface area contributed by atoms with E-state index in [0.29, 0.717) is 62.3 Å². The molecule has 2 aromatic rings. The lowest BCUT2D eigenvalue weighted by atomic mass is 9.75. The number of hydrogen-bond donors (Lipinski definition) is 2. The molecule has 0 aromatic heterocycles. The summed E-state index contributed by atoms with van der Waals surface area (Å²) < 4.78 is 14.2. The maximum atomic E-state index is 14.2. The third kappa shape index (κ3) is 5.08. The summed E-state index contributed by atoms with van der Waals surface area (Å²) >= 11 is 6.02. The summed E-state index contributed by atoms with van der Waals surface area (Å²) in [6, 6.07) is 11.6. The molecule has 2 aliphatic heterocycles. The van der Waals surface area contributed by atoms with Gasteiger partial charge in [-0.25, -0.2) is 4.39 Å². The van der Waals surface area contributed by atoms with E-state index in [1.54, 1.807) is 12.9 Å². The van der Waals surface area contributed by atoms with Crippen molar-refractivity contribution in [2.24, 2.45) is 5.92 Å². The van der Waals surface area contributed by atoms with Gasteiger partial charge in [-0.3, -0.25) is 4.79 Å². The number of carbonyl (C=O) groups is 2. The molecule has 2 saturated heterocycles. The monoisotopic (exact) mass is 484 g/mol. The van der Waals surface area contributed by atoms with Crippen molar-refractivity contribution in [2.75, 3.05) is 13.1 Å². The van der Waals surface area contributed by atoms with Gasteiger partial charge in [0.25, 0.3) is 7.41 Å². The van der Waals surface area contributed by atoms with Crippen molar-refractivity contribution in [1.29, 1.82) is 0 Å². The van der Waals surface area contributed by atoms with Crippen molar-refractivity contribution >= 4 is 38.2 Å². The molecule has 0 aliphatic carbocycles. The molecule has 2 aliphatic rings. The molecular weight excluding hydrogens is 456 g/mol. The molecule has 2 atom stereocenters. The largest absolute Gasteiger partial charge is 0.432 e. The number of aliphatic hydroxyl groups is 1. The van der Waals surface area contributed by atoms with Gasteiger partial charge in [0.1, 0.15) is 5.82 Å². The molecule has 2 fully saturated rings. The third-order valence-corrected chi connectivity index (χ3v) is 7.46. The van der Waals surface area contributed by atoms with Crippen molar-refractivity contribution < 1.29 is 24.1 Å². The highest BCUT2D eigenvalue weighted by molar-refractivity contribution is 6.64. The summed E-state index contributed by atoms with van der Waals surface area (Å²) in [5.74, 6) is -1.18. The molecule has 2 heterocycles. The number of carbonyl (C=O) groups excluding carboxylic acids is 2. The summed E-state index contributed by atoms with van der Waals surface area (Å²) in [4.78, 5) is 27.5. The first-order valence-electron chi connectivity index (χ1n) is 11.6.